The molecule has 0 saturated carbocycles. The number of carboxylic acids is 1. The summed E-state index contributed by atoms with van der Waals surface area (Å²) in [6.45, 7) is 1.54. The van der Waals surface area contributed by atoms with Crippen LogP contribution in [0.5, 0.6) is 0 Å². The Hall–Kier alpha value is -2.67. The number of aliphatic hydroxyl groups excluding tert-OH is 1. The van der Waals surface area contributed by atoms with Crippen LogP contribution in [0.2, 0.25) is 0 Å². The van der Waals surface area contributed by atoms with E-state index in [1.54, 1.807) is 38.4 Å². The second kappa shape index (κ2) is 6.00. The Morgan fingerprint density at radius 2 is 2.00 bits per heavy atom. The van der Waals surface area contributed by atoms with E-state index in [0.717, 1.165) is 0 Å². The molecule has 3 atom stereocenters. The zero-order chi connectivity index (χ0) is 18.5. The molecule has 0 radical (unpaired) electrons. The number of nitrogens with zero attached hydrogens (tertiary/aromatic N) is 2. The Morgan fingerprint density at radius 1 is 1.32 bits per heavy atom. The maximum Gasteiger partial charge on any atom is 0.352 e. The lowest BCUT2D eigenvalue weighted by molar-refractivity contribution is -0.161. The average Bonchev–Trinajstić information content (AvgIpc) is 2.89. The van der Waals surface area contributed by atoms with Gasteiger partial charge in [0.15, 0.2) is 0 Å². The lowest BCUT2D eigenvalue weighted by atomic mass is 9.82. The molecule has 1 fully saturated rings. The standard InChI is InChI=1S/C18H20N2O5/c1-9(21)14-13-8-12(15(18(24)25)20(13)17(14)23)10-5-4-6-11(7-10)16(22)19(2)3/h4-7,9,13-14,21H,8H2,1-3H3,(H,24,25)/t9-,13-,14-/m1/s1. The fraction of sp³-hybridized carbons (Fsp3) is 0.389. The van der Waals surface area contributed by atoms with Crippen molar-refractivity contribution in [3.05, 3.63) is 41.1 Å². The summed E-state index contributed by atoms with van der Waals surface area (Å²) in [7, 11) is 3.29. The number of aliphatic hydroxyl groups is 1. The van der Waals surface area contributed by atoms with Crippen LogP contribution < -0.4 is 0 Å². The molecule has 25 heavy (non-hydrogen) atoms. The van der Waals surface area contributed by atoms with Crippen molar-refractivity contribution in [2.24, 2.45) is 5.92 Å². The zero-order valence-electron chi connectivity index (χ0n) is 14.3. The molecular weight excluding hydrogens is 324 g/mol. The maximum absolute atomic E-state index is 12.2. The van der Waals surface area contributed by atoms with Crippen LogP contribution in [0.3, 0.4) is 0 Å². The summed E-state index contributed by atoms with van der Waals surface area (Å²) in [4.78, 5) is 38.8. The van der Waals surface area contributed by atoms with Gasteiger partial charge in [0, 0.05) is 19.7 Å². The van der Waals surface area contributed by atoms with Gasteiger partial charge in [-0.25, -0.2) is 4.79 Å². The summed E-state index contributed by atoms with van der Waals surface area (Å²) in [6, 6.07) is 6.40. The smallest absolute Gasteiger partial charge is 0.352 e. The lowest BCUT2D eigenvalue weighted by Crippen LogP contribution is -2.61. The molecule has 0 aromatic heterocycles. The summed E-state index contributed by atoms with van der Waals surface area (Å²) in [6.07, 6.45) is -0.479. The number of benzene rings is 1. The number of β-lactam (4-membered cyclic amide) rings is 1. The molecule has 7 heteroatoms. The molecule has 132 valence electrons. The first-order chi connectivity index (χ1) is 11.7. The molecule has 0 bridgehead atoms. The van der Waals surface area contributed by atoms with Crippen molar-refractivity contribution < 1.29 is 24.6 Å². The number of fused-ring (bicyclic) bond motifs is 1. The molecule has 2 amide bonds. The van der Waals surface area contributed by atoms with E-state index in [1.807, 2.05) is 0 Å². The second-order valence-electron chi connectivity index (χ2n) is 6.66. The predicted octanol–water partition coefficient (Wildman–Crippen LogP) is 0.796. The Kier molecular flexibility index (Phi) is 4.12. The van der Waals surface area contributed by atoms with Crippen LogP contribution in [0, 0.1) is 5.92 Å². The predicted molar refractivity (Wildman–Crippen MR) is 89.4 cm³/mol. The minimum atomic E-state index is -1.18. The fourth-order valence-electron chi connectivity index (χ4n) is 3.63. The molecule has 2 aliphatic heterocycles. The minimum Gasteiger partial charge on any atom is -0.477 e. The Labute approximate surface area is 145 Å². The van der Waals surface area contributed by atoms with Crippen LogP contribution in [0.15, 0.2) is 30.0 Å². The third kappa shape index (κ3) is 2.60. The molecule has 2 N–H and O–H groups in total. The number of aliphatic carboxylic acids is 1. The highest BCUT2D eigenvalue weighted by atomic mass is 16.4. The molecule has 7 nitrogen and oxygen atoms in total. The van der Waals surface area contributed by atoms with Crippen LogP contribution in [0.25, 0.3) is 5.57 Å². The Morgan fingerprint density at radius 3 is 2.56 bits per heavy atom. The first-order valence-corrected chi connectivity index (χ1v) is 8.03. The van der Waals surface area contributed by atoms with Gasteiger partial charge in [-0.3, -0.25) is 9.59 Å². The van der Waals surface area contributed by atoms with Gasteiger partial charge in [0.1, 0.15) is 5.70 Å². The van der Waals surface area contributed by atoms with Crippen molar-refractivity contribution in [2.45, 2.75) is 25.5 Å². The van der Waals surface area contributed by atoms with Crippen LogP contribution in [0.1, 0.15) is 29.3 Å². The molecule has 0 unspecified atom stereocenters. The van der Waals surface area contributed by atoms with Crippen LogP contribution in [0.4, 0.5) is 0 Å². The Balaban J connectivity index is 2.02. The molecule has 0 spiro atoms. The molecule has 1 saturated heterocycles. The van der Waals surface area contributed by atoms with E-state index in [0.29, 0.717) is 23.1 Å². The van der Waals surface area contributed by atoms with Gasteiger partial charge >= 0.3 is 5.97 Å². The summed E-state index contributed by atoms with van der Waals surface area (Å²) in [5.74, 6) is -2.32. The zero-order valence-corrected chi connectivity index (χ0v) is 14.3. The van der Waals surface area contributed by atoms with Crippen LogP contribution in [-0.4, -0.2) is 64.0 Å². The van der Waals surface area contributed by atoms with Gasteiger partial charge in [0.05, 0.1) is 18.1 Å². The van der Waals surface area contributed by atoms with E-state index in [-0.39, 0.29) is 23.6 Å². The third-order valence-electron chi connectivity index (χ3n) is 4.80. The monoisotopic (exact) mass is 344 g/mol. The summed E-state index contributed by atoms with van der Waals surface area (Å²) >= 11 is 0. The van der Waals surface area contributed by atoms with Crippen LogP contribution in [-0.2, 0) is 9.59 Å². The quantitative estimate of drug-likeness (QED) is 0.787. The van der Waals surface area contributed by atoms with E-state index in [1.165, 1.54) is 16.7 Å². The van der Waals surface area contributed by atoms with Crippen LogP contribution >= 0.6 is 0 Å². The number of carbonyl (C=O) groups is 3. The van der Waals surface area contributed by atoms with Crippen molar-refractivity contribution in [3.63, 3.8) is 0 Å². The van der Waals surface area contributed by atoms with Gasteiger partial charge in [-0.05, 0) is 36.6 Å². The lowest BCUT2D eigenvalue weighted by Gasteiger charge is -2.44. The fourth-order valence-corrected chi connectivity index (χ4v) is 3.63. The van der Waals surface area contributed by atoms with Crippen molar-refractivity contribution in [3.8, 4) is 0 Å². The SMILES string of the molecule is C[C@@H](O)[C@H]1C(=O)N2C(C(=O)O)=C(c3cccc(C(=O)N(C)C)c3)C[C@H]12. The normalized spacial score (nSPS) is 23.2. The van der Waals surface area contributed by atoms with Gasteiger partial charge in [0.25, 0.3) is 5.91 Å². The second-order valence-corrected chi connectivity index (χ2v) is 6.66. The number of hydrogen-bond donors (Lipinski definition) is 2. The van der Waals surface area contributed by atoms with Gasteiger partial charge in [-0.2, -0.15) is 0 Å². The Bertz CT molecular complexity index is 796. The van der Waals surface area contributed by atoms with Gasteiger partial charge in [-0.15, -0.1) is 0 Å². The topological polar surface area (TPSA) is 98.1 Å². The molecular formula is C18H20N2O5. The number of carbonyl (C=O) groups excluding carboxylic acids is 2. The largest absolute Gasteiger partial charge is 0.477 e. The molecule has 2 heterocycles. The van der Waals surface area contributed by atoms with E-state index in [2.05, 4.69) is 0 Å². The first kappa shape index (κ1) is 17.2. The number of carboxylic acid groups (broad SMARTS) is 1. The maximum atomic E-state index is 12.2. The van der Waals surface area contributed by atoms with E-state index < -0.39 is 18.0 Å². The van der Waals surface area contributed by atoms with Crippen molar-refractivity contribution in [1.29, 1.82) is 0 Å². The number of hydrogen-bond acceptors (Lipinski definition) is 4. The van der Waals surface area contributed by atoms with Crippen molar-refractivity contribution >= 4 is 23.4 Å². The van der Waals surface area contributed by atoms with E-state index in [9.17, 15) is 24.6 Å². The highest BCUT2D eigenvalue weighted by Gasteiger charge is 2.56. The average molecular weight is 344 g/mol. The summed E-state index contributed by atoms with van der Waals surface area (Å²) in [5.41, 5.74) is 1.52. The summed E-state index contributed by atoms with van der Waals surface area (Å²) < 4.78 is 0. The van der Waals surface area contributed by atoms with Gasteiger partial charge in [0.2, 0.25) is 5.91 Å². The van der Waals surface area contributed by atoms with E-state index >= 15 is 0 Å². The summed E-state index contributed by atoms with van der Waals surface area (Å²) in [5, 5.41) is 19.4. The van der Waals surface area contributed by atoms with Crippen molar-refractivity contribution in [2.75, 3.05) is 14.1 Å². The first-order valence-electron chi connectivity index (χ1n) is 8.03. The molecule has 1 aromatic carbocycles. The number of amides is 2. The van der Waals surface area contributed by atoms with Crippen molar-refractivity contribution in [1.82, 2.24) is 9.80 Å². The van der Waals surface area contributed by atoms with E-state index in [4.69, 9.17) is 0 Å². The highest BCUT2D eigenvalue weighted by molar-refractivity contribution is 6.06. The van der Waals surface area contributed by atoms with Gasteiger partial charge in [-0.1, -0.05) is 12.1 Å². The molecule has 0 aliphatic carbocycles. The molecule has 2 aliphatic rings. The molecule has 1 aromatic rings. The minimum absolute atomic E-state index is 0.0543. The number of rotatable bonds is 4. The third-order valence-corrected chi connectivity index (χ3v) is 4.80. The molecule has 3 rings (SSSR count). The van der Waals surface area contributed by atoms with Gasteiger partial charge < -0.3 is 20.0 Å². The highest BCUT2D eigenvalue weighted by Crippen LogP contribution is 2.46.